The van der Waals surface area contributed by atoms with E-state index in [-0.39, 0.29) is 17.2 Å². The van der Waals surface area contributed by atoms with Gasteiger partial charge in [0.2, 0.25) is 0 Å². The monoisotopic (exact) mass is 570 g/mol. The average Bonchev–Trinajstić information content (AvgIpc) is 3.31. The highest BCUT2D eigenvalue weighted by molar-refractivity contribution is 6.99. The van der Waals surface area contributed by atoms with Crippen LogP contribution in [0.1, 0.15) is 77.3 Å². The lowest BCUT2D eigenvalue weighted by molar-refractivity contribution is 0.0951. The van der Waals surface area contributed by atoms with Crippen LogP contribution in [0.2, 0.25) is 5.04 Å². The predicted molar refractivity (Wildman–Crippen MR) is 173 cm³/mol. The molecule has 0 heterocycles. The lowest BCUT2D eigenvalue weighted by Crippen LogP contribution is -2.68. The van der Waals surface area contributed by atoms with E-state index >= 15 is 0 Å². The van der Waals surface area contributed by atoms with Crippen LogP contribution >= 0.6 is 0 Å². The van der Waals surface area contributed by atoms with Crippen molar-refractivity contribution in [2.45, 2.75) is 96.3 Å². The molecular formula is C37H50O3Si. The molecule has 3 nitrogen and oxygen atoms in total. The van der Waals surface area contributed by atoms with E-state index in [1.807, 2.05) is 0 Å². The van der Waals surface area contributed by atoms with Crippen LogP contribution in [0.5, 0.6) is 5.75 Å². The van der Waals surface area contributed by atoms with E-state index in [0.29, 0.717) is 17.8 Å². The molecule has 2 unspecified atom stereocenters. The standard InChI is InChI=1S/C37H50O3Si/c1-6-7-16-29(38)22-23-32-33-24-27-15-14-21-35(39-5)34(27)25-28(33)26-36(32)40-41(37(2,3)4,30-17-10-8-11-18-30)31-19-12-9-13-20-31/h8-15,17-21,28-29,32-33,36,38H,6-7,16,22-26H2,1-5H3/t28-,29?,32+,33?,36+/m0/s1. The lowest BCUT2D eigenvalue weighted by Gasteiger charge is -2.46. The Morgan fingerprint density at radius 1 is 0.878 bits per heavy atom. The van der Waals surface area contributed by atoms with Gasteiger partial charge in [0.15, 0.2) is 0 Å². The summed E-state index contributed by atoms with van der Waals surface area (Å²) in [7, 11) is -0.885. The van der Waals surface area contributed by atoms with Crippen molar-refractivity contribution in [3.05, 3.63) is 90.0 Å². The number of methoxy groups -OCH3 is 1. The van der Waals surface area contributed by atoms with E-state index in [1.165, 1.54) is 21.5 Å². The lowest BCUT2D eigenvalue weighted by atomic mass is 9.73. The van der Waals surface area contributed by atoms with Gasteiger partial charge in [-0.05, 0) is 88.9 Å². The minimum Gasteiger partial charge on any atom is -0.496 e. The van der Waals surface area contributed by atoms with E-state index in [1.54, 1.807) is 7.11 Å². The molecule has 4 heteroatoms. The van der Waals surface area contributed by atoms with Crippen LogP contribution in [0.3, 0.4) is 0 Å². The van der Waals surface area contributed by atoms with Gasteiger partial charge in [0.1, 0.15) is 5.75 Å². The third kappa shape index (κ3) is 6.07. The molecular weight excluding hydrogens is 520 g/mol. The number of hydrogen-bond acceptors (Lipinski definition) is 3. The highest BCUT2D eigenvalue weighted by Crippen LogP contribution is 2.51. The first kappa shape index (κ1) is 30.1. The van der Waals surface area contributed by atoms with Gasteiger partial charge < -0.3 is 14.3 Å². The topological polar surface area (TPSA) is 38.7 Å². The molecule has 0 amide bonds. The number of ether oxygens (including phenoxy) is 1. The molecule has 0 bridgehead atoms. The molecule has 3 aromatic carbocycles. The molecule has 5 rings (SSSR count). The zero-order valence-corrected chi connectivity index (χ0v) is 26.8. The summed E-state index contributed by atoms with van der Waals surface area (Å²) in [4.78, 5) is 0. The van der Waals surface area contributed by atoms with E-state index in [0.717, 1.165) is 57.1 Å². The molecule has 0 saturated heterocycles. The minimum atomic E-state index is -2.68. The van der Waals surface area contributed by atoms with Crippen molar-refractivity contribution in [2.75, 3.05) is 7.11 Å². The zero-order valence-electron chi connectivity index (χ0n) is 25.8. The smallest absolute Gasteiger partial charge is 0.261 e. The number of benzene rings is 3. The van der Waals surface area contributed by atoms with Gasteiger partial charge in [-0.3, -0.25) is 0 Å². The van der Waals surface area contributed by atoms with Crippen LogP contribution in [0.4, 0.5) is 0 Å². The quantitative estimate of drug-likeness (QED) is 0.246. The van der Waals surface area contributed by atoms with Gasteiger partial charge in [-0.2, -0.15) is 0 Å². The molecule has 0 radical (unpaired) electrons. The Morgan fingerprint density at radius 2 is 1.54 bits per heavy atom. The fraction of sp³-hybridized carbons (Fsp3) is 0.514. The summed E-state index contributed by atoms with van der Waals surface area (Å²) in [6, 6.07) is 28.7. The Balaban J connectivity index is 1.54. The number of rotatable bonds is 11. The minimum absolute atomic E-state index is 0.0547. The second-order valence-electron chi connectivity index (χ2n) is 13.5. The Hall–Kier alpha value is -2.40. The fourth-order valence-corrected chi connectivity index (χ4v) is 12.7. The molecule has 1 saturated carbocycles. The first-order valence-electron chi connectivity index (χ1n) is 15.9. The Kier molecular flexibility index (Phi) is 9.42. The van der Waals surface area contributed by atoms with E-state index in [2.05, 4.69) is 107 Å². The summed E-state index contributed by atoms with van der Waals surface area (Å²) in [5, 5.41) is 13.6. The largest absolute Gasteiger partial charge is 0.496 e. The third-order valence-corrected chi connectivity index (χ3v) is 15.1. The number of aliphatic hydroxyl groups excluding tert-OH is 1. The molecule has 1 N–H and O–H groups in total. The summed E-state index contributed by atoms with van der Waals surface area (Å²) in [5.41, 5.74) is 2.83. The molecule has 0 aromatic heterocycles. The van der Waals surface area contributed by atoms with Crippen molar-refractivity contribution in [1.82, 2.24) is 0 Å². The van der Waals surface area contributed by atoms with Crippen LogP contribution in [-0.2, 0) is 17.3 Å². The summed E-state index contributed by atoms with van der Waals surface area (Å²) in [6.07, 6.45) is 8.14. The fourth-order valence-electron chi connectivity index (χ4n) is 7.99. The maximum atomic E-state index is 10.9. The zero-order chi connectivity index (χ0) is 29.0. The van der Waals surface area contributed by atoms with Crippen molar-refractivity contribution < 1.29 is 14.3 Å². The highest BCUT2D eigenvalue weighted by Gasteiger charge is 2.55. The Morgan fingerprint density at radius 3 is 2.12 bits per heavy atom. The number of fused-ring (bicyclic) bond motifs is 2. The molecule has 2 aliphatic carbocycles. The molecule has 0 aliphatic heterocycles. The number of aliphatic hydroxyl groups is 1. The molecule has 0 spiro atoms. The molecule has 2 aliphatic rings. The normalized spacial score (nSPS) is 23.1. The Labute approximate surface area is 249 Å². The van der Waals surface area contributed by atoms with Gasteiger partial charge >= 0.3 is 0 Å². The van der Waals surface area contributed by atoms with Crippen molar-refractivity contribution in [1.29, 1.82) is 0 Å². The van der Waals surface area contributed by atoms with Crippen molar-refractivity contribution in [3.63, 3.8) is 0 Å². The van der Waals surface area contributed by atoms with Crippen molar-refractivity contribution in [2.24, 2.45) is 17.8 Å². The molecule has 3 aromatic rings. The average molecular weight is 571 g/mol. The van der Waals surface area contributed by atoms with E-state index < -0.39 is 8.32 Å². The number of unbranched alkanes of at least 4 members (excludes halogenated alkanes) is 1. The van der Waals surface area contributed by atoms with Crippen molar-refractivity contribution >= 4 is 18.7 Å². The van der Waals surface area contributed by atoms with Gasteiger partial charge in [0.25, 0.3) is 8.32 Å². The van der Waals surface area contributed by atoms with Crippen LogP contribution in [0.25, 0.3) is 0 Å². The van der Waals surface area contributed by atoms with Crippen molar-refractivity contribution in [3.8, 4) is 5.75 Å². The summed E-state index contributed by atoms with van der Waals surface area (Å²) < 4.78 is 13.6. The summed E-state index contributed by atoms with van der Waals surface area (Å²) in [5.74, 6) is 2.59. The SMILES string of the molecule is CCCCC(O)CC[C@@H]1C2Cc3cccc(OC)c3C[C@H]2C[C@H]1O[Si](c1ccccc1)(c1ccccc1)C(C)(C)C. The number of hydrogen-bond donors (Lipinski definition) is 1. The van der Waals surface area contributed by atoms with Gasteiger partial charge in [-0.25, -0.2) is 0 Å². The maximum Gasteiger partial charge on any atom is 0.261 e. The van der Waals surface area contributed by atoms with Crippen LogP contribution in [0.15, 0.2) is 78.9 Å². The summed E-state index contributed by atoms with van der Waals surface area (Å²) >= 11 is 0. The van der Waals surface area contributed by atoms with Gasteiger partial charge in [0.05, 0.1) is 13.2 Å². The van der Waals surface area contributed by atoms with Gasteiger partial charge in [-0.1, -0.05) is 113 Å². The molecule has 220 valence electrons. The van der Waals surface area contributed by atoms with Gasteiger partial charge in [-0.15, -0.1) is 0 Å². The van der Waals surface area contributed by atoms with Crippen LogP contribution in [0, 0.1) is 17.8 Å². The van der Waals surface area contributed by atoms with Gasteiger partial charge in [0, 0.05) is 6.10 Å². The van der Waals surface area contributed by atoms with Crippen LogP contribution < -0.4 is 15.1 Å². The summed E-state index contributed by atoms with van der Waals surface area (Å²) in [6.45, 7) is 9.35. The van der Waals surface area contributed by atoms with E-state index in [9.17, 15) is 5.11 Å². The predicted octanol–water partition coefficient (Wildman–Crippen LogP) is 7.32. The second-order valence-corrected chi connectivity index (χ2v) is 17.8. The molecule has 5 atom stereocenters. The first-order valence-corrected chi connectivity index (χ1v) is 17.8. The molecule has 1 fully saturated rings. The highest BCUT2D eigenvalue weighted by atomic mass is 28.4. The second kappa shape index (κ2) is 12.9. The molecule has 41 heavy (non-hydrogen) atoms. The van der Waals surface area contributed by atoms with E-state index in [4.69, 9.17) is 9.16 Å². The maximum absolute atomic E-state index is 10.9. The Bertz CT molecular complexity index is 1210. The third-order valence-electron chi connectivity index (χ3n) is 10.0. The van der Waals surface area contributed by atoms with Crippen LogP contribution in [-0.4, -0.2) is 32.7 Å². The first-order chi connectivity index (χ1) is 19.8.